The summed E-state index contributed by atoms with van der Waals surface area (Å²) >= 11 is 1.44. The molecule has 0 radical (unpaired) electrons. The summed E-state index contributed by atoms with van der Waals surface area (Å²) in [6, 6.07) is 5.72. The van der Waals surface area contributed by atoms with Crippen molar-refractivity contribution in [3.05, 3.63) is 28.6 Å². The quantitative estimate of drug-likeness (QED) is 0.885. The van der Waals surface area contributed by atoms with E-state index in [0.29, 0.717) is 18.1 Å². The molecular formula is C17H21N3O3S2. The zero-order valence-corrected chi connectivity index (χ0v) is 16.3. The number of nitrogens with one attached hydrogen (secondary N) is 1. The van der Waals surface area contributed by atoms with Gasteiger partial charge >= 0.3 is 0 Å². The normalized spacial score (nSPS) is 14.0. The highest BCUT2D eigenvalue weighted by Crippen LogP contribution is 2.36. The number of carbonyl (C=O) groups is 1. The molecule has 25 heavy (non-hydrogen) atoms. The van der Waals surface area contributed by atoms with Crippen molar-refractivity contribution in [3.8, 4) is 11.3 Å². The van der Waals surface area contributed by atoms with Gasteiger partial charge < -0.3 is 5.32 Å². The number of sulfonamides is 1. The number of aryl methyl sites for hydroxylation is 1. The molecule has 0 unspecified atom stereocenters. The van der Waals surface area contributed by atoms with Crippen molar-refractivity contribution >= 4 is 38.1 Å². The molecule has 0 spiro atoms. The average molecular weight is 380 g/mol. The zero-order valence-electron chi connectivity index (χ0n) is 14.7. The molecule has 0 fully saturated rings. The maximum atomic E-state index is 11.8. The molecule has 2 heterocycles. The summed E-state index contributed by atoms with van der Waals surface area (Å²) in [6.07, 6.45) is 1.92. The molecule has 0 bridgehead atoms. The number of hydrogen-bond acceptors (Lipinski definition) is 5. The van der Waals surface area contributed by atoms with Gasteiger partial charge in [-0.3, -0.25) is 9.10 Å². The minimum absolute atomic E-state index is 0.0574. The first kappa shape index (κ1) is 17.9. The largest absolute Gasteiger partial charge is 0.302 e. The molecule has 8 heteroatoms. The van der Waals surface area contributed by atoms with Gasteiger partial charge in [0.15, 0.2) is 5.13 Å². The molecule has 1 aliphatic heterocycles. The molecule has 2 aromatic rings. The highest BCUT2D eigenvalue weighted by Gasteiger charge is 2.26. The van der Waals surface area contributed by atoms with Gasteiger partial charge in [-0.25, -0.2) is 13.4 Å². The van der Waals surface area contributed by atoms with E-state index >= 15 is 0 Å². The Morgan fingerprint density at radius 1 is 1.36 bits per heavy atom. The summed E-state index contributed by atoms with van der Waals surface area (Å²) in [5.41, 5.74) is 3.51. The zero-order chi connectivity index (χ0) is 18.4. The monoisotopic (exact) mass is 379 g/mol. The summed E-state index contributed by atoms with van der Waals surface area (Å²) in [7, 11) is -3.25. The summed E-state index contributed by atoms with van der Waals surface area (Å²) in [6.45, 7) is 6.12. The Hall–Kier alpha value is -1.93. The van der Waals surface area contributed by atoms with Gasteiger partial charge in [0.2, 0.25) is 15.9 Å². The van der Waals surface area contributed by atoms with E-state index in [9.17, 15) is 13.2 Å². The second-order valence-electron chi connectivity index (χ2n) is 6.50. The Balaban J connectivity index is 1.92. The molecule has 1 N–H and O–H groups in total. The third-order valence-electron chi connectivity index (χ3n) is 4.16. The summed E-state index contributed by atoms with van der Waals surface area (Å²) in [4.78, 5) is 17.4. The molecule has 1 amide bonds. The van der Waals surface area contributed by atoms with Gasteiger partial charge in [0.1, 0.15) is 0 Å². The van der Waals surface area contributed by atoms with Gasteiger partial charge in [-0.2, -0.15) is 0 Å². The molecular weight excluding hydrogens is 358 g/mol. The number of aromatic nitrogens is 1. The number of nitrogens with zero attached hydrogens (tertiary/aromatic N) is 2. The molecule has 1 aliphatic rings. The lowest BCUT2D eigenvalue weighted by Gasteiger charge is -2.16. The summed E-state index contributed by atoms with van der Waals surface area (Å²) < 4.78 is 25.1. The van der Waals surface area contributed by atoms with E-state index in [4.69, 9.17) is 0 Å². The Bertz CT molecular complexity index is 933. The molecule has 3 rings (SSSR count). The second-order valence-corrected chi connectivity index (χ2v) is 9.61. The maximum absolute atomic E-state index is 11.8. The minimum Gasteiger partial charge on any atom is -0.302 e. The Morgan fingerprint density at radius 2 is 2.08 bits per heavy atom. The first-order chi connectivity index (χ1) is 11.7. The number of benzene rings is 1. The molecule has 0 saturated carbocycles. The van der Waals surface area contributed by atoms with Crippen LogP contribution in [0.15, 0.2) is 18.2 Å². The lowest BCUT2D eigenvalue weighted by molar-refractivity contribution is -0.118. The van der Waals surface area contributed by atoms with Crippen LogP contribution in [0.25, 0.3) is 11.3 Å². The lowest BCUT2D eigenvalue weighted by atomic mass is 10.1. The van der Waals surface area contributed by atoms with Gasteiger partial charge in [-0.15, -0.1) is 11.3 Å². The van der Waals surface area contributed by atoms with Gasteiger partial charge in [0.25, 0.3) is 0 Å². The van der Waals surface area contributed by atoms with Gasteiger partial charge in [0, 0.05) is 22.9 Å². The van der Waals surface area contributed by atoms with E-state index in [-0.39, 0.29) is 11.8 Å². The van der Waals surface area contributed by atoms with Crippen molar-refractivity contribution in [1.29, 1.82) is 0 Å². The SMILES string of the molecule is Cc1sc(NC(=O)C(C)C)nc1-c1ccc2c(c1)CCN2S(C)(=O)=O. The minimum atomic E-state index is -3.25. The van der Waals surface area contributed by atoms with Gasteiger partial charge in [-0.05, 0) is 31.0 Å². The van der Waals surface area contributed by atoms with Crippen LogP contribution < -0.4 is 9.62 Å². The number of carbonyl (C=O) groups excluding carboxylic acids is 1. The van der Waals surface area contributed by atoms with Crippen molar-refractivity contribution < 1.29 is 13.2 Å². The molecule has 1 aromatic carbocycles. The van der Waals surface area contributed by atoms with Crippen molar-refractivity contribution in [2.75, 3.05) is 22.4 Å². The van der Waals surface area contributed by atoms with Crippen LogP contribution in [0.1, 0.15) is 24.3 Å². The maximum Gasteiger partial charge on any atom is 0.232 e. The van der Waals surface area contributed by atoms with Crippen molar-refractivity contribution in [2.24, 2.45) is 5.92 Å². The van der Waals surface area contributed by atoms with Crippen LogP contribution in [-0.2, 0) is 21.2 Å². The first-order valence-electron chi connectivity index (χ1n) is 8.06. The third kappa shape index (κ3) is 3.55. The van der Waals surface area contributed by atoms with Crippen LogP contribution >= 0.6 is 11.3 Å². The predicted octanol–water partition coefficient (Wildman–Crippen LogP) is 3.04. The lowest BCUT2D eigenvalue weighted by Crippen LogP contribution is -2.27. The van der Waals surface area contributed by atoms with Crippen LogP contribution in [0.5, 0.6) is 0 Å². The third-order valence-corrected chi connectivity index (χ3v) is 6.22. The fraction of sp³-hybridized carbons (Fsp3) is 0.412. The van der Waals surface area contributed by atoms with E-state index < -0.39 is 10.0 Å². The van der Waals surface area contributed by atoms with E-state index in [1.165, 1.54) is 21.9 Å². The fourth-order valence-electron chi connectivity index (χ4n) is 2.83. The molecule has 0 aliphatic carbocycles. The highest BCUT2D eigenvalue weighted by atomic mass is 32.2. The van der Waals surface area contributed by atoms with Gasteiger partial charge in [0.05, 0.1) is 17.6 Å². The molecule has 1 aromatic heterocycles. The first-order valence-corrected chi connectivity index (χ1v) is 10.7. The number of fused-ring (bicyclic) bond motifs is 1. The van der Waals surface area contributed by atoms with Crippen LogP contribution in [0.3, 0.4) is 0 Å². The van der Waals surface area contributed by atoms with Crippen LogP contribution in [0.4, 0.5) is 10.8 Å². The Morgan fingerprint density at radius 3 is 2.72 bits per heavy atom. The fourth-order valence-corrected chi connectivity index (χ4v) is 4.63. The van der Waals surface area contributed by atoms with Crippen molar-refractivity contribution in [1.82, 2.24) is 4.98 Å². The van der Waals surface area contributed by atoms with Gasteiger partial charge in [-0.1, -0.05) is 19.9 Å². The second kappa shape index (κ2) is 6.42. The van der Waals surface area contributed by atoms with Crippen LogP contribution in [0.2, 0.25) is 0 Å². The van der Waals surface area contributed by atoms with Crippen LogP contribution in [-0.4, -0.2) is 32.1 Å². The number of rotatable bonds is 4. The average Bonchev–Trinajstić information content (AvgIpc) is 3.09. The van der Waals surface area contributed by atoms with E-state index in [1.54, 1.807) is 0 Å². The topological polar surface area (TPSA) is 79.4 Å². The predicted molar refractivity (Wildman–Crippen MR) is 102 cm³/mol. The summed E-state index contributed by atoms with van der Waals surface area (Å²) in [5, 5.41) is 3.42. The molecule has 0 saturated heterocycles. The number of anilines is 2. The van der Waals surface area contributed by atoms with E-state index in [1.807, 2.05) is 39.0 Å². The number of thiazole rings is 1. The Kier molecular flexibility index (Phi) is 4.59. The van der Waals surface area contributed by atoms with Crippen LogP contribution in [0, 0.1) is 12.8 Å². The highest BCUT2D eigenvalue weighted by molar-refractivity contribution is 7.92. The molecule has 0 atom stereocenters. The molecule has 134 valence electrons. The van der Waals surface area contributed by atoms with Crippen molar-refractivity contribution in [2.45, 2.75) is 27.2 Å². The number of amides is 1. The summed E-state index contributed by atoms with van der Waals surface area (Å²) in [5.74, 6) is -0.160. The Labute approximate surface area is 151 Å². The number of hydrogen-bond donors (Lipinski definition) is 1. The smallest absolute Gasteiger partial charge is 0.232 e. The van der Waals surface area contributed by atoms with E-state index in [2.05, 4.69) is 10.3 Å². The van der Waals surface area contributed by atoms with E-state index in [0.717, 1.165) is 27.4 Å². The van der Waals surface area contributed by atoms with Crippen molar-refractivity contribution in [3.63, 3.8) is 0 Å². The standard InChI is InChI=1S/C17H21N3O3S2/c1-10(2)16(21)19-17-18-15(11(3)24-17)13-5-6-14-12(9-13)7-8-20(14)25(4,22)23/h5-6,9-10H,7-8H2,1-4H3,(H,18,19,21). The molecule has 6 nitrogen and oxygen atoms in total.